The van der Waals surface area contributed by atoms with Crippen molar-refractivity contribution in [1.82, 2.24) is 0 Å². The smallest absolute Gasteiger partial charge is 0.144 e. The van der Waals surface area contributed by atoms with Gasteiger partial charge < -0.3 is 15.0 Å². The van der Waals surface area contributed by atoms with Crippen LogP contribution in [0.5, 0.6) is 5.75 Å². The minimum atomic E-state index is 0.651. The first-order valence-electron chi connectivity index (χ1n) is 6.07. The molecule has 3 nitrogen and oxygen atoms in total. The average molecular weight is 218 g/mol. The molecule has 3 rings (SSSR count). The van der Waals surface area contributed by atoms with Crippen molar-refractivity contribution >= 4 is 11.4 Å². The van der Waals surface area contributed by atoms with Crippen LogP contribution in [0.2, 0.25) is 0 Å². The fourth-order valence-corrected chi connectivity index (χ4v) is 2.86. The Morgan fingerprint density at radius 3 is 3.19 bits per heavy atom. The number of benzene rings is 1. The van der Waals surface area contributed by atoms with Crippen LogP contribution < -0.4 is 15.0 Å². The number of rotatable bonds is 1. The Kier molecular flexibility index (Phi) is 2.39. The molecule has 1 aromatic rings. The van der Waals surface area contributed by atoms with Crippen LogP contribution in [0, 0.1) is 0 Å². The van der Waals surface area contributed by atoms with Crippen molar-refractivity contribution in [2.24, 2.45) is 0 Å². The molecule has 0 radical (unpaired) electrons. The number of fused-ring (bicyclic) bond motifs is 3. The van der Waals surface area contributed by atoms with E-state index < -0.39 is 0 Å². The molecule has 0 saturated carbocycles. The van der Waals surface area contributed by atoms with Gasteiger partial charge in [0.05, 0.1) is 12.8 Å². The molecule has 2 aliphatic rings. The summed E-state index contributed by atoms with van der Waals surface area (Å²) in [7, 11) is 1.75. The summed E-state index contributed by atoms with van der Waals surface area (Å²) in [6, 6.07) is 6.90. The normalized spacial score (nSPS) is 23.1. The summed E-state index contributed by atoms with van der Waals surface area (Å²) >= 11 is 0. The lowest BCUT2D eigenvalue weighted by molar-refractivity contribution is 0.404. The van der Waals surface area contributed by atoms with Gasteiger partial charge in [-0.3, -0.25) is 0 Å². The standard InChI is InChI=1S/C13H18N2O/c1-16-12-7-4-6-11-13(12)15-8-3-2-5-10(15)9-14-11/h4,6-7,10,14H,2-3,5,8-9H2,1H3. The van der Waals surface area contributed by atoms with E-state index in [0.717, 1.165) is 12.3 Å². The predicted octanol–water partition coefficient (Wildman–Crippen LogP) is 2.48. The fraction of sp³-hybridized carbons (Fsp3) is 0.538. The number of piperidine rings is 1. The van der Waals surface area contributed by atoms with Gasteiger partial charge in [-0.1, -0.05) is 6.07 Å². The van der Waals surface area contributed by atoms with E-state index >= 15 is 0 Å². The Labute approximate surface area is 96.4 Å². The summed E-state index contributed by atoms with van der Waals surface area (Å²) in [4.78, 5) is 2.52. The minimum absolute atomic E-state index is 0.651. The highest BCUT2D eigenvalue weighted by Crippen LogP contribution is 2.41. The molecule has 16 heavy (non-hydrogen) atoms. The third-order valence-electron chi connectivity index (χ3n) is 3.66. The number of hydrogen-bond acceptors (Lipinski definition) is 3. The monoisotopic (exact) mass is 218 g/mol. The maximum atomic E-state index is 5.48. The third kappa shape index (κ3) is 1.42. The lowest BCUT2D eigenvalue weighted by atomic mass is 9.98. The lowest BCUT2D eigenvalue weighted by Crippen LogP contribution is -2.47. The molecule has 86 valence electrons. The number of nitrogens with zero attached hydrogens (tertiary/aromatic N) is 1. The molecular formula is C13H18N2O. The number of nitrogens with one attached hydrogen (secondary N) is 1. The molecule has 0 aromatic heterocycles. The summed E-state index contributed by atoms with van der Waals surface area (Å²) in [5, 5.41) is 3.51. The molecule has 1 fully saturated rings. The molecule has 3 heteroatoms. The molecule has 0 bridgehead atoms. The summed E-state index contributed by atoms with van der Waals surface area (Å²) in [5.41, 5.74) is 2.48. The number of anilines is 2. The highest BCUT2D eigenvalue weighted by molar-refractivity contribution is 5.79. The van der Waals surface area contributed by atoms with Crippen LogP contribution >= 0.6 is 0 Å². The summed E-state index contributed by atoms with van der Waals surface area (Å²) in [6.45, 7) is 2.24. The SMILES string of the molecule is COc1cccc2c1N1CCCCC1CN2. The second kappa shape index (κ2) is 3.89. The highest BCUT2D eigenvalue weighted by atomic mass is 16.5. The Bertz CT molecular complexity index is 377. The van der Waals surface area contributed by atoms with Crippen molar-refractivity contribution in [2.75, 3.05) is 30.4 Å². The molecular weight excluding hydrogens is 200 g/mol. The van der Waals surface area contributed by atoms with Crippen molar-refractivity contribution in [3.05, 3.63) is 18.2 Å². The minimum Gasteiger partial charge on any atom is -0.495 e. The fourth-order valence-electron chi connectivity index (χ4n) is 2.86. The quantitative estimate of drug-likeness (QED) is 0.783. The maximum absolute atomic E-state index is 5.48. The Morgan fingerprint density at radius 2 is 2.31 bits per heavy atom. The molecule has 1 saturated heterocycles. The van der Waals surface area contributed by atoms with Gasteiger partial charge in [0.15, 0.2) is 0 Å². The summed E-state index contributed by atoms with van der Waals surface area (Å²) in [6.07, 6.45) is 3.95. The Balaban J connectivity index is 2.05. The van der Waals surface area contributed by atoms with Gasteiger partial charge in [0.1, 0.15) is 11.4 Å². The molecule has 0 aliphatic carbocycles. The van der Waals surface area contributed by atoms with Crippen LogP contribution in [0.25, 0.3) is 0 Å². The van der Waals surface area contributed by atoms with Crippen molar-refractivity contribution in [3.8, 4) is 5.75 Å². The van der Waals surface area contributed by atoms with Crippen LogP contribution in [0.15, 0.2) is 18.2 Å². The Hall–Kier alpha value is -1.38. The summed E-state index contributed by atoms with van der Waals surface area (Å²) in [5.74, 6) is 0.997. The predicted molar refractivity (Wildman–Crippen MR) is 66.5 cm³/mol. The highest BCUT2D eigenvalue weighted by Gasteiger charge is 2.30. The van der Waals surface area contributed by atoms with Gasteiger partial charge >= 0.3 is 0 Å². The second-order valence-corrected chi connectivity index (χ2v) is 4.58. The average Bonchev–Trinajstić information content (AvgIpc) is 2.37. The zero-order chi connectivity index (χ0) is 11.0. The zero-order valence-corrected chi connectivity index (χ0v) is 9.70. The number of methoxy groups -OCH3 is 1. The van der Waals surface area contributed by atoms with Gasteiger partial charge in [-0.15, -0.1) is 0 Å². The maximum Gasteiger partial charge on any atom is 0.144 e. The van der Waals surface area contributed by atoms with Crippen LogP contribution in [0.1, 0.15) is 19.3 Å². The molecule has 1 N–H and O–H groups in total. The molecule has 0 spiro atoms. The summed E-state index contributed by atoms with van der Waals surface area (Å²) < 4.78 is 5.48. The first-order valence-corrected chi connectivity index (χ1v) is 6.07. The van der Waals surface area contributed by atoms with Gasteiger partial charge in [-0.05, 0) is 31.4 Å². The first kappa shape index (κ1) is 9.82. The first-order chi connectivity index (χ1) is 7.90. The van der Waals surface area contributed by atoms with Gasteiger partial charge in [0.25, 0.3) is 0 Å². The second-order valence-electron chi connectivity index (χ2n) is 4.58. The molecule has 1 unspecified atom stereocenters. The van der Waals surface area contributed by atoms with E-state index in [9.17, 15) is 0 Å². The van der Waals surface area contributed by atoms with E-state index in [2.05, 4.69) is 28.4 Å². The Morgan fingerprint density at radius 1 is 1.38 bits per heavy atom. The van der Waals surface area contributed by atoms with Gasteiger partial charge in [0.2, 0.25) is 0 Å². The van der Waals surface area contributed by atoms with Crippen LogP contribution in [-0.4, -0.2) is 26.2 Å². The molecule has 1 aromatic carbocycles. The van der Waals surface area contributed by atoms with E-state index in [4.69, 9.17) is 4.74 Å². The number of para-hydroxylation sites is 1. The van der Waals surface area contributed by atoms with Crippen LogP contribution in [0.3, 0.4) is 0 Å². The lowest BCUT2D eigenvalue weighted by Gasteiger charge is -2.43. The van der Waals surface area contributed by atoms with E-state index in [1.54, 1.807) is 7.11 Å². The van der Waals surface area contributed by atoms with Gasteiger partial charge in [0, 0.05) is 19.1 Å². The van der Waals surface area contributed by atoms with Crippen molar-refractivity contribution in [2.45, 2.75) is 25.3 Å². The largest absolute Gasteiger partial charge is 0.495 e. The molecule has 1 atom stereocenters. The van der Waals surface area contributed by atoms with Crippen molar-refractivity contribution in [1.29, 1.82) is 0 Å². The van der Waals surface area contributed by atoms with Crippen LogP contribution in [-0.2, 0) is 0 Å². The topological polar surface area (TPSA) is 24.5 Å². The van der Waals surface area contributed by atoms with Gasteiger partial charge in [-0.25, -0.2) is 0 Å². The third-order valence-corrected chi connectivity index (χ3v) is 3.66. The van der Waals surface area contributed by atoms with Crippen molar-refractivity contribution in [3.63, 3.8) is 0 Å². The zero-order valence-electron chi connectivity index (χ0n) is 9.70. The molecule has 0 amide bonds. The van der Waals surface area contributed by atoms with Crippen molar-refractivity contribution < 1.29 is 4.74 Å². The molecule has 2 aliphatic heterocycles. The van der Waals surface area contributed by atoms with E-state index in [0.29, 0.717) is 6.04 Å². The van der Waals surface area contributed by atoms with E-state index in [1.165, 1.54) is 37.2 Å². The van der Waals surface area contributed by atoms with Gasteiger partial charge in [-0.2, -0.15) is 0 Å². The van der Waals surface area contributed by atoms with Crippen LogP contribution in [0.4, 0.5) is 11.4 Å². The van der Waals surface area contributed by atoms with E-state index in [-0.39, 0.29) is 0 Å². The number of ether oxygens (including phenoxy) is 1. The molecule has 2 heterocycles. The van der Waals surface area contributed by atoms with E-state index in [1.807, 2.05) is 0 Å². The number of hydrogen-bond donors (Lipinski definition) is 1.